The molecule has 0 atom stereocenters. The van der Waals surface area contributed by atoms with Gasteiger partial charge in [-0.1, -0.05) is 18.0 Å². The van der Waals surface area contributed by atoms with E-state index in [-0.39, 0.29) is 17.0 Å². The zero-order valence-corrected chi connectivity index (χ0v) is 15.6. The maximum atomic E-state index is 12.6. The van der Waals surface area contributed by atoms with Gasteiger partial charge in [0.1, 0.15) is 11.4 Å². The number of phenolic OH excluding ortho intramolecular Hbond substituents is 1. The summed E-state index contributed by atoms with van der Waals surface area (Å²) in [6.07, 6.45) is -0.313. The average Bonchev–Trinajstić information content (AvgIpc) is 2.65. The van der Waals surface area contributed by atoms with Crippen molar-refractivity contribution in [3.8, 4) is 5.75 Å². The van der Waals surface area contributed by atoms with Crippen molar-refractivity contribution in [3.63, 3.8) is 0 Å². The van der Waals surface area contributed by atoms with Crippen LogP contribution in [0.25, 0.3) is 0 Å². The largest absolute Gasteiger partial charge is 0.507 e. The average molecular weight is 414 g/mol. The molecule has 9 heteroatoms. The van der Waals surface area contributed by atoms with Gasteiger partial charge in [-0.3, -0.25) is 9.69 Å². The molecule has 5 nitrogen and oxygen atoms in total. The van der Waals surface area contributed by atoms with Crippen molar-refractivity contribution in [2.45, 2.75) is 32.0 Å². The summed E-state index contributed by atoms with van der Waals surface area (Å²) in [5.41, 5.74) is -0.487. The first-order valence-electron chi connectivity index (χ1n) is 8.82. The molecule has 0 spiro atoms. The summed E-state index contributed by atoms with van der Waals surface area (Å²) < 4.78 is 37.7. The number of amides is 1. The molecule has 2 aromatic rings. The number of carbonyl (C=O) groups excluding carboxylic acids is 1. The molecule has 2 N–H and O–H groups in total. The summed E-state index contributed by atoms with van der Waals surface area (Å²) in [4.78, 5) is 18.0. The number of aromatic hydroxyl groups is 1. The first kappa shape index (κ1) is 20.4. The van der Waals surface area contributed by atoms with Crippen LogP contribution in [-0.2, 0) is 12.7 Å². The van der Waals surface area contributed by atoms with E-state index in [4.69, 9.17) is 11.6 Å². The molecule has 1 aliphatic heterocycles. The van der Waals surface area contributed by atoms with E-state index >= 15 is 0 Å². The molecule has 1 fully saturated rings. The molecule has 2 heterocycles. The van der Waals surface area contributed by atoms with Gasteiger partial charge in [-0.25, -0.2) is 4.98 Å². The van der Waals surface area contributed by atoms with E-state index < -0.39 is 17.8 Å². The van der Waals surface area contributed by atoms with Gasteiger partial charge < -0.3 is 10.4 Å². The normalized spacial score (nSPS) is 15.4. The minimum Gasteiger partial charge on any atom is -0.507 e. The summed E-state index contributed by atoms with van der Waals surface area (Å²) in [6.45, 7) is 2.28. The monoisotopic (exact) mass is 413 g/mol. The Kier molecular flexibility index (Phi) is 6.10. The zero-order valence-electron chi connectivity index (χ0n) is 14.9. The molecule has 3 rings (SSSR count). The van der Waals surface area contributed by atoms with Crippen molar-refractivity contribution in [2.24, 2.45) is 0 Å². The second-order valence-electron chi connectivity index (χ2n) is 6.68. The molecule has 1 aliphatic rings. The second kappa shape index (κ2) is 8.36. The molecule has 28 heavy (non-hydrogen) atoms. The molecule has 1 amide bonds. The standard InChI is InChI=1S/C19H19ClF3N3O2/c20-13-8-12(11-26-6-2-1-3-7-26)17(27)15(9-13)18(28)25-14-4-5-16(24-10-14)19(21,22)23/h4-5,8-10,27H,1-3,6-7,11H2,(H,25,28). The highest BCUT2D eigenvalue weighted by Gasteiger charge is 2.32. The van der Waals surface area contributed by atoms with Gasteiger partial charge in [0, 0.05) is 17.1 Å². The fraction of sp³-hybridized carbons (Fsp3) is 0.368. The van der Waals surface area contributed by atoms with Gasteiger partial charge in [-0.05, 0) is 50.2 Å². The van der Waals surface area contributed by atoms with Crippen LogP contribution < -0.4 is 5.32 Å². The highest BCUT2D eigenvalue weighted by Crippen LogP contribution is 2.31. The lowest BCUT2D eigenvalue weighted by Gasteiger charge is -2.27. The molecule has 0 aliphatic carbocycles. The maximum Gasteiger partial charge on any atom is 0.433 e. The number of nitrogens with zero attached hydrogens (tertiary/aromatic N) is 2. The Morgan fingerprint density at radius 3 is 2.54 bits per heavy atom. The van der Waals surface area contributed by atoms with Gasteiger partial charge in [0.05, 0.1) is 17.4 Å². The number of benzene rings is 1. The Morgan fingerprint density at radius 1 is 1.21 bits per heavy atom. The van der Waals surface area contributed by atoms with Gasteiger partial charge in [0.15, 0.2) is 0 Å². The zero-order chi connectivity index (χ0) is 20.3. The molecule has 150 valence electrons. The summed E-state index contributed by atoms with van der Waals surface area (Å²) in [5.74, 6) is -0.867. The molecule has 0 radical (unpaired) electrons. The van der Waals surface area contributed by atoms with Crippen molar-refractivity contribution in [3.05, 3.63) is 52.3 Å². The van der Waals surface area contributed by atoms with Crippen LogP contribution in [0.15, 0.2) is 30.5 Å². The maximum absolute atomic E-state index is 12.6. The van der Waals surface area contributed by atoms with Crippen LogP contribution in [0.2, 0.25) is 5.02 Å². The first-order valence-corrected chi connectivity index (χ1v) is 9.20. The van der Waals surface area contributed by atoms with Crippen LogP contribution in [0.3, 0.4) is 0 Å². The third-order valence-corrected chi connectivity index (χ3v) is 4.77. The molecular formula is C19H19ClF3N3O2. The lowest BCUT2D eigenvalue weighted by molar-refractivity contribution is -0.141. The number of alkyl halides is 3. The van der Waals surface area contributed by atoms with E-state index in [0.29, 0.717) is 17.1 Å². The highest BCUT2D eigenvalue weighted by atomic mass is 35.5. The number of piperidine rings is 1. The summed E-state index contributed by atoms with van der Waals surface area (Å²) >= 11 is 6.11. The minimum absolute atomic E-state index is 0.0422. The number of nitrogens with one attached hydrogen (secondary N) is 1. The number of carbonyl (C=O) groups is 1. The molecule has 1 saturated heterocycles. The van der Waals surface area contributed by atoms with Crippen molar-refractivity contribution in [1.29, 1.82) is 0 Å². The van der Waals surface area contributed by atoms with Crippen LogP contribution >= 0.6 is 11.6 Å². The summed E-state index contributed by atoms with van der Waals surface area (Å²) in [5, 5.41) is 13.3. The van der Waals surface area contributed by atoms with Crippen molar-refractivity contribution < 1.29 is 23.1 Å². The summed E-state index contributed by atoms with van der Waals surface area (Å²) in [7, 11) is 0. The lowest BCUT2D eigenvalue weighted by Crippen LogP contribution is -2.29. The minimum atomic E-state index is -4.56. The number of aromatic nitrogens is 1. The van der Waals surface area contributed by atoms with Crippen molar-refractivity contribution in [2.75, 3.05) is 18.4 Å². The molecule has 0 unspecified atom stereocenters. The third-order valence-electron chi connectivity index (χ3n) is 4.55. The molecule has 1 aromatic heterocycles. The highest BCUT2D eigenvalue weighted by molar-refractivity contribution is 6.31. The number of anilines is 1. The Bertz CT molecular complexity index is 851. The van der Waals surface area contributed by atoms with E-state index in [1.54, 1.807) is 6.07 Å². The van der Waals surface area contributed by atoms with E-state index in [9.17, 15) is 23.1 Å². The van der Waals surface area contributed by atoms with E-state index in [1.807, 2.05) is 0 Å². The number of halogens is 4. The topological polar surface area (TPSA) is 65.5 Å². The molecule has 1 aromatic carbocycles. The first-order chi connectivity index (χ1) is 13.2. The van der Waals surface area contributed by atoms with Gasteiger partial charge in [-0.15, -0.1) is 0 Å². The van der Waals surface area contributed by atoms with Crippen LogP contribution in [0, 0.1) is 0 Å². The number of phenols is 1. The molecular weight excluding hydrogens is 395 g/mol. The van der Waals surface area contributed by atoms with E-state index in [1.165, 1.54) is 12.5 Å². The lowest BCUT2D eigenvalue weighted by atomic mass is 10.1. The van der Waals surface area contributed by atoms with Crippen molar-refractivity contribution >= 4 is 23.2 Å². The smallest absolute Gasteiger partial charge is 0.433 e. The number of likely N-dealkylation sites (tertiary alicyclic amines) is 1. The molecule has 0 bridgehead atoms. The molecule has 0 saturated carbocycles. The van der Waals surface area contributed by atoms with Gasteiger partial charge in [0.2, 0.25) is 0 Å². The fourth-order valence-electron chi connectivity index (χ4n) is 3.14. The number of hydrogen-bond donors (Lipinski definition) is 2. The quantitative estimate of drug-likeness (QED) is 0.762. The predicted octanol–water partition coefficient (Wildman–Crippen LogP) is 4.70. The second-order valence-corrected chi connectivity index (χ2v) is 7.12. The number of hydrogen-bond acceptors (Lipinski definition) is 4. The van der Waals surface area contributed by atoms with Gasteiger partial charge in [-0.2, -0.15) is 13.2 Å². The SMILES string of the molecule is O=C(Nc1ccc(C(F)(F)F)nc1)c1cc(Cl)cc(CN2CCCCC2)c1O. The Morgan fingerprint density at radius 2 is 1.93 bits per heavy atom. The summed E-state index contributed by atoms with van der Waals surface area (Å²) in [6, 6.07) is 4.81. The van der Waals surface area contributed by atoms with Crippen LogP contribution in [-0.4, -0.2) is 34.0 Å². The Balaban J connectivity index is 1.77. The predicted molar refractivity (Wildman–Crippen MR) is 99.4 cm³/mol. The van der Waals surface area contributed by atoms with E-state index in [2.05, 4.69) is 15.2 Å². The van der Waals surface area contributed by atoms with Gasteiger partial charge >= 0.3 is 6.18 Å². The number of pyridine rings is 1. The van der Waals surface area contributed by atoms with Crippen molar-refractivity contribution in [1.82, 2.24) is 9.88 Å². The van der Waals surface area contributed by atoms with Crippen LogP contribution in [0.5, 0.6) is 5.75 Å². The number of rotatable bonds is 4. The third kappa shape index (κ3) is 4.94. The Labute approximate surface area is 165 Å². The van der Waals surface area contributed by atoms with Gasteiger partial charge in [0.25, 0.3) is 5.91 Å². The Hall–Kier alpha value is -2.32. The van der Waals surface area contributed by atoms with E-state index in [0.717, 1.165) is 44.3 Å². The fourth-order valence-corrected chi connectivity index (χ4v) is 3.38. The van der Waals surface area contributed by atoms with Crippen LogP contribution in [0.1, 0.15) is 40.9 Å². The van der Waals surface area contributed by atoms with Crippen LogP contribution in [0.4, 0.5) is 18.9 Å².